The topological polar surface area (TPSA) is 30.2 Å². The Balaban J connectivity index is 3.06. The minimum Gasteiger partial charge on any atom is -0.270 e. The van der Waals surface area contributed by atoms with E-state index in [9.17, 15) is 0 Å². The molecule has 8 heavy (non-hydrogen) atoms. The summed E-state index contributed by atoms with van der Waals surface area (Å²) in [6, 6.07) is 0. The minimum absolute atomic E-state index is 0.894. The quantitative estimate of drug-likeness (QED) is 0.514. The molecule has 2 heterocycles. The van der Waals surface area contributed by atoms with E-state index in [0.717, 1.165) is 4.96 Å². The zero-order valence-electron chi connectivity index (χ0n) is 3.90. The summed E-state index contributed by atoms with van der Waals surface area (Å²) in [4.78, 5) is 0.894. The molecule has 0 N–H and O–H groups in total. The van der Waals surface area contributed by atoms with Crippen LogP contribution in [0.15, 0.2) is 11.6 Å². The van der Waals surface area contributed by atoms with Crippen molar-refractivity contribution in [3.05, 3.63) is 17.9 Å². The number of hydrogen-bond donors (Lipinski definition) is 0. The van der Waals surface area contributed by atoms with Crippen LogP contribution in [-0.2, 0) is 0 Å². The second-order valence-corrected chi connectivity index (χ2v) is 2.23. The van der Waals surface area contributed by atoms with Gasteiger partial charge in [0.2, 0.25) is 11.3 Å². The SMILES string of the molecule is [c]1nnc2sccn12. The molecule has 0 aliphatic rings. The third-order valence-electron chi connectivity index (χ3n) is 0.877. The van der Waals surface area contributed by atoms with Gasteiger partial charge in [0.1, 0.15) is 0 Å². The molecule has 0 atom stereocenters. The van der Waals surface area contributed by atoms with Gasteiger partial charge in [-0.25, -0.2) is 0 Å². The van der Waals surface area contributed by atoms with Crippen molar-refractivity contribution in [3.63, 3.8) is 0 Å². The highest BCUT2D eigenvalue weighted by Crippen LogP contribution is 2.04. The highest BCUT2D eigenvalue weighted by atomic mass is 32.1. The van der Waals surface area contributed by atoms with Gasteiger partial charge >= 0.3 is 0 Å². The molecule has 0 spiro atoms. The van der Waals surface area contributed by atoms with E-state index in [0.29, 0.717) is 0 Å². The van der Waals surface area contributed by atoms with Crippen molar-refractivity contribution < 1.29 is 0 Å². The molecule has 0 fully saturated rings. The number of hydrogen-bond acceptors (Lipinski definition) is 3. The fraction of sp³-hybridized carbons (Fsp3) is 0. The normalized spacial score (nSPS) is 10.5. The first-order chi connectivity index (χ1) is 3.97. The van der Waals surface area contributed by atoms with E-state index in [1.54, 1.807) is 15.7 Å². The van der Waals surface area contributed by atoms with Gasteiger partial charge in [0.15, 0.2) is 0 Å². The van der Waals surface area contributed by atoms with E-state index in [2.05, 4.69) is 16.5 Å². The summed E-state index contributed by atoms with van der Waals surface area (Å²) < 4.78 is 1.75. The smallest absolute Gasteiger partial charge is 0.216 e. The molecule has 0 aromatic carbocycles. The molecule has 0 saturated heterocycles. The fourth-order valence-electron chi connectivity index (χ4n) is 0.534. The largest absolute Gasteiger partial charge is 0.270 e. The Hall–Kier alpha value is -0.900. The summed E-state index contributed by atoms with van der Waals surface area (Å²) in [6.07, 6.45) is 4.54. The van der Waals surface area contributed by atoms with E-state index < -0.39 is 0 Å². The van der Waals surface area contributed by atoms with Crippen molar-refractivity contribution >= 4 is 16.3 Å². The van der Waals surface area contributed by atoms with E-state index >= 15 is 0 Å². The minimum atomic E-state index is 0.894. The summed E-state index contributed by atoms with van der Waals surface area (Å²) in [7, 11) is 0. The fourth-order valence-corrected chi connectivity index (χ4v) is 1.14. The molecule has 0 aliphatic carbocycles. The van der Waals surface area contributed by atoms with Gasteiger partial charge in [-0.1, -0.05) is 0 Å². The van der Waals surface area contributed by atoms with Crippen molar-refractivity contribution in [1.82, 2.24) is 14.6 Å². The number of fused-ring (bicyclic) bond motifs is 1. The molecule has 2 aromatic heterocycles. The molecular weight excluding hydrogens is 122 g/mol. The zero-order valence-corrected chi connectivity index (χ0v) is 4.72. The van der Waals surface area contributed by atoms with Gasteiger partial charge < -0.3 is 0 Å². The molecule has 4 heteroatoms. The number of aromatic nitrogens is 3. The number of thiazole rings is 1. The highest BCUT2D eigenvalue weighted by molar-refractivity contribution is 7.15. The Kier molecular flexibility index (Phi) is 0.648. The van der Waals surface area contributed by atoms with Gasteiger partial charge in [0.25, 0.3) is 0 Å². The first kappa shape index (κ1) is 4.03. The zero-order chi connectivity index (χ0) is 5.40. The average molecular weight is 124 g/mol. The van der Waals surface area contributed by atoms with Crippen molar-refractivity contribution in [2.45, 2.75) is 0 Å². The van der Waals surface area contributed by atoms with E-state index in [-0.39, 0.29) is 0 Å². The van der Waals surface area contributed by atoms with E-state index in [4.69, 9.17) is 0 Å². The van der Waals surface area contributed by atoms with Gasteiger partial charge in [-0.15, -0.1) is 21.5 Å². The third-order valence-corrected chi connectivity index (χ3v) is 1.62. The Morgan fingerprint density at radius 3 is 3.62 bits per heavy atom. The molecule has 0 unspecified atom stereocenters. The van der Waals surface area contributed by atoms with E-state index in [1.807, 2.05) is 11.6 Å². The van der Waals surface area contributed by atoms with Crippen LogP contribution in [0.25, 0.3) is 4.96 Å². The van der Waals surface area contributed by atoms with Gasteiger partial charge in [-0.05, 0) is 0 Å². The van der Waals surface area contributed by atoms with Crippen molar-refractivity contribution in [1.29, 1.82) is 0 Å². The van der Waals surface area contributed by atoms with Crippen LogP contribution in [-0.4, -0.2) is 14.6 Å². The molecule has 1 radical (unpaired) electrons. The molecule has 3 nitrogen and oxygen atoms in total. The van der Waals surface area contributed by atoms with Crippen LogP contribution >= 0.6 is 11.3 Å². The van der Waals surface area contributed by atoms with Crippen LogP contribution in [0.3, 0.4) is 0 Å². The van der Waals surface area contributed by atoms with Crippen molar-refractivity contribution in [2.75, 3.05) is 0 Å². The van der Waals surface area contributed by atoms with Gasteiger partial charge in [-0.3, -0.25) is 4.40 Å². The molecule has 0 aliphatic heterocycles. The Morgan fingerprint density at radius 2 is 2.75 bits per heavy atom. The number of nitrogens with zero attached hydrogens (tertiary/aromatic N) is 3. The Morgan fingerprint density at radius 1 is 1.75 bits per heavy atom. The second-order valence-electron chi connectivity index (χ2n) is 1.36. The predicted octanol–water partition coefficient (Wildman–Crippen LogP) is 0.591. The maximum Gasteiger partial charge on any atom is 0.216 e. The summed E-state index contributed by atoms with van der Waals surface area (Å²) in [5.41, 5.74) is 0. The molecule has 0 saturated carbocycles. The second kappa shape index (κ2) is 1.29. The monoisotopic (exact) mass is 124 g/mol. The first-order valence-corrected chi connectivity index (χ1v) is 3.01. The summed E-state index contributed by atoms with van der Waals surface area (Å²) >= 11 is 1.55. The lowest BCUT2D eigenvalue weighted by Gasteiger charge is -1.67. The highest BCUT2D eigenvalue weighted by Gasteiger charge is 1.91. The van der Waals surface area contributed by atoms with Crippen LogP contribution in [0.2, 0.25) is 0 Å². The maximum atomic E-state index is 3.75. The molecule has 0 bridgehead atoms. The van der Waals surface area contributed by atoms with Crippen LogP contribution in [0.5, 0.6) is 0 Å². The summed E-state index contributed by atoms with van der Waals surface area (Å²) in [5, 5.41) is 9.26. The van der Waals surface area contributed by atoms with Gasteiger partial charge in [-0.2, -0.15) is 0 Å². The van der Waals surface area contributed by atoms with Crippen LogP contribution in [0, 0.1) is 6.33 Å². The lowest BCUT2D eigenvalue weighted by atomic mass is 11.0. The first-order valence-electron chi connectivity index (χ1n) is 2.13. The average Bonchev–Trinajstić information content (AvgIpc) is 2.15. The molecular formula is C4H2N3S. The maximum absolute atomic E-state index is 3.75. The lowest BCUT2D eigenvalue weighted by Crippen LogP contribution is -1.67. The van der Waals surface area contributed by atoms with Crippen molar-refractivity contribution in [2.24, 2.45) is 0 Å². The van der Waals surface area contributed by atoms with Crippen LogP contribution in [0.1, 0.15) is 0 Å². The van der Waals surface area contributed by atoms with Crippen molar-refractivity contribution in [3.8, 4) is 0 Å². The standard InChI is InChI=1S/C4H2N3S/c1-2-8-4-6-5-3-7(1)4/h1-2H. The van der Waals surface area contributed by atoms with Gasteiger partial charge in [0.05, 0.1) is 0 Å². The lowest BCUT2D eigenvalue weighted by molar-refractivity contribution is 1.09. The number of rotatable bonds is 0. The molecule has 2 rings (SSSR count). The predicted molar refractivity (Wildman–Crippen MR) is 29.7 cm³/mol. The van der Waals surface area contributed by atoms with E-state index in [1.165, 1.54) is 0 Å². The van der Waals surface area contributed by atoms with Gasteiger partial charge in [0, 0.05) is 11.6 Å². The third kappa shape index (κ3) is 0.376. The molecule has 0 amide bonds. The Bertz CT molecular complexity index is 233. The molecule has 39 valence electrons. The summed E-state index contributed by atoms with van der Waals surface area (Å²) in [5.74, 6) is 0. The summed E-state index contributed by atoms with van der Waals surface area (Å²) in [6.45, 7) is 0. The van der Waals surface area contributed by atoms with Crippen LogP contribution < -0.4 is 0 Å². The Labute approximate surface area is 49.6 Å². The molecule has 2 aromatic rings. The van der Waals surface area contributed by atoms with Crippen LogP contribution in [0.4, 0.5) is 0 Å².